The fourth-order valence-electron chi connectivity index (χ4n) is 3.30. The highest BCUT2D eigenvalue weighted by Crippen LogP contribution is 2.36. The lowest BCUT2D eigenvalue weighted by Crippen LogP contribution is -2.39. The molecular weight excluding hydrogens is 306 g/mol. The molecule has 1 rings (SSSR count). The van der Waals surface area contributed by atoms with Crippen LogP contribution < -0.4 is 0 Å². The second-order valence-corrected chi connectivity index (χ2v) is 7.35. The molecule has 7 heteroatoms. The van der Waals surface area contributed by atoms with Crippen molar-refractivity contribution in [1.82, 2.24) is 5.06 Å². The van der Waals surface area contributed by atoms with Gasteiger partial charge in [-0.05, 0) is 38.6 Å². The third-order valence-corrected chi connectivity index (χ3v) is 5.17. The summed E-state index contributed by atoms with van der Waals surface area (Å²) in [5.41, 5.74) is -0.0902. The van der Waals surface area contributed by atoms with E-state index in [9.17, 15) is 13.6 Å². The Morgan fingerprint density at radius 2 is 1.73 bits per heavy atom. The Morgan fingerprint density at radius 3 is 2.23 bits per heavy atom. The summed E-state index contributed by atoms with van der Waals surface area (Å²) in [4.78, 5) is 0. The van der Waals surface area contributed by atoms with Crippen molar-refractivity contribution < 1.29 is 17.2 Å². The molecule has 0 amide bonds. The maximum atomic E-state index is 11.9. The number of rotatable bonds is 12. The first kappa shape index (κ1) is 19.8. The second-order valence-electron chi connectivity index (χ2n) is 6.26. The average molecular weight is 336 g/mol. The van der Waals surface area contributed by atoms with Gasteiger partial charge in [0.2, 0.25) is 0 Å². The van der Waals surface area contributed by atoms with Gasteiger partial charge in [0.05, 0.1) is 6.61 Å². The van der Waals surface area contributed by atoms with E-state index in [0.717, 1.165) is 64.2 Å². The Balaban J connectivity index is 1.95. The molecule has 0 saturated carbocycles. The first-order valence-corrected chi connectivity index (χ1v) is 9.83. The zero-order chi connectivity index (χ0) is 16.5. The van der Waals surface area contributed by atoms with Crippen LogP contribution in [0.5, 0.6) is 0 Å². The van der Waals surface area contributed by atoms with Gasteiger partial charge in [-0.25, -0.2) is 4.18 Å². The summed E-state index contributed by atoms with van der Waals surface area (Å²) in [6, 6.07) is 0. The fraction of sp³-hybridized carbons (Fsp3) is 1.00. The standard InChI is InChI=1S/C15H30NO5S/c1-2-15(12-10-13-16(15)17)11-8-6-4-3-5-7-9-14-21-22(18,19)20/h2-14H2,1H3,(H,18,19,20)/q-1. The molecular formula is C15H30NO5S-. The number of hydrogen-bond donors (Lipinski definition) is 1. The molecule has 0 aliphatic carbocycles. The molecule has 1 fully saturated rings. The minimum absolute atomic E-state index is 0.0528. The Kier molecular flexibility index (Phi) is 8.86. The lowest BCUT2D eigenvalue weighted by Gasteiger charge is -2.43. The predicted molar refractivity (Wildman–Crippen MR) is 86.8 cm³/mol. The molecule has 1 saturated heterocycles. The minimum atomic E-state index is -4.28. The van der Waals surface area contributed by atoms with Gasteiger partial charge >= 0.3 is 10.4 Å². The minimum Gasteiger partial charge on any atom is -0.785 e. The number of hydrogen-bond acceptors (Lipinski definition) is 5. The van der Waals surface area contributed by atoms with Crippen molar-refractivity contribution in [2.24, 2.45) is 0 Å². The van der Waals surface area contributed by atoms with Crippen molar-refractivity contribution in [2.45, 2.75) is 83.1 Å². The summed E-state index contributed by atoms with van der Waals surface area (Å²) in [6.07, 6.45) is 11.1. The van der Waals surface area contributed by atoms with E-state index in [1.807, 2.05) is 0 Å². The Labute approximate surface area is 134 Å². The van der Waals surface area contributed by atoms with E-state index in [-0.39, 0.29) is 12.1 Å². The van der Waals surface area contributed by atoms with Crippen LogP contribution >= 0.6 is 0 Å². The molecule has 0 radical (unpaired) electrons. The zero-order valence-corrected chi connectivity index (χ0v) is 14.4. The Hall–Kier alpha value is -0.210. The fourth-order valence-corrected chi connectivity index (χ4v) is 3.63. The van der Waals surface area contributed by atoms with E-state index < -0.39 is 10.4 Å². The molecule has 0 bridgehead atoms. The number of nitrogens with zero attached hydrogens (tertiary/aromatic N) is 1. The molecule has 1 N–H and O–H groups in total. The summed E-state index contributed by atoms with van der Waals surface area (Å²) in [5, 5.41) is 13.2. The van der Waals surface area contributed by atoms with Crippen molar-refractivity contribution in [3.05, 3.63) is 5.21 Å². The normalized spacial score (nSPS) is 23.2. The number of hydroxylamine groups is 2. The molecule has 6 nitrogen and oxygen atoms in total. The van der Waals surface area contributed by atoms with E-state index in [2.05, 4.69) is 11.1 Å². The first-order valence-electron chi connectivity index (χ1n) is 8.46. The molecule has 1 aliphatic heterocycles. The van der Waals surface area contributed by atoms with Crippen molar-refractivity contribution in [2.75, 3.05) is 13.2 Å². The summed E-state index contributed by atoms with van der Waals surface area (Å²) in [6.45, 7) is 2.86. The van der Waals surface area contributed by atoms with Gasteiger partial charge in [-0.15, -0.1) is 0 Å². The molecule has 1 heterocycles. The average Bonchev–Trinajstić information content (AvgIpc) is 2.81. The lowest BCUT2D eigenvalue weighted by atomic mass is 9.87. The van der Waals surface area contributed by atoms with Gasteiger partial charge in [-0.1, -0.05) is 45.4 Å². The van der Waals surface area contributed by atoms with Gasteiger partial charge in [0.25, 0.3) is 0 Å². The van der Waals surface area contributed by atoms with Gasteiger partial charge in [-0.3, -0.25) is 4.55 Å². The monoisotopic (exact) mass is 336 g/mol. The molecule has 0 aromatic carbocycles. The van der Waals surface area contributed by atoms with Crippen LogP contribution in [-0.4, -0.2) is 36.7 Å². The zero-order valence-electron chi connectivity index (χ0n) is 13.6. The van der Waals surface area contributed by atoms with Gasteiger partial charge in [0.1, 0.15) is 0 Å². The van der Waals surface area contributed by atoms with Crippen molar-refractivity contribution in [3.8, 4) is 0 Å². The van der Waals surface area contributed by atoms with Gasteiger partial charge in [0, 0.05) is 5.54 Å². The van der Waals surface area contributed by atoms with Gasteiger partial charge < -0.3 is 10.3 Å². The summed E-state index contributed by atoms with van der Waals surface area (Å²) in [5.74, 6) is 0. The largest absolute Gasteiger partial charge is 0.785 e. The molecule has 1 atom stereocenters. The van der Waals surface area contributed by atoms with Crippen molar-refractivity contribution in [1.29, 1.82) is 0 Å². The van der Waals surface area contributed by atoms with E-state index in [1.165, 1.54) is 5.06 Å². The molecule has 22 heavy (non-hydrogen) atoms. The van der Waals surface area contributed by atoms with E-state index >= 15 is 0 Å². The summed E-state index contributed by atoms with van der Waals surface area (Å²) < 4.78 is 33.3. The predicted octanol–water partition coefficient (Wildman–Crippen LogP) is 3.67. The van der Waals surface area contributed by atoms with Gasteiger partial charge in [0.15, 0.2) is 0 Å². The maximum absolute atomic E-state index is 11.9. The van der Waals surface area contributed by atoms with Crippen molar-refractivity contribution >= 4 is 10.4 Å². The molecule has 0 aromatic rings. The van der Waals surface area contributed by atoms with Gasteiger partial charge in [-0.2, -0.15) is 8.42 Å². The topological polar surface area (TPSA) is 89.9 Å². The van der Waals surface area contributed by atoms with Crippen LogP contribution in [0.25, 0.3) is 0 Å². The third kappa shape index (κ3) is 7.37. The lowest BCUT2D eigenvalue weighted by molar-refractivity contribution is 0.174. The molecule has 1 aliphatic rings. The molecule has 0 spiro atoms. The highest BCUT2D eigenvalue weighted by molar-refractivity contribution is 7.80. The first-order chi connectivity index (χ1) is 10.4. The summed E-state index contributed by atoms with van der Waals surface area (Å²) >= 11 is 0. The van der Waals surface area contributed by atoms with Crippen LogP contribution in [-0.2, 0) is 14.6 Å². The molecule has 1 unspecified atom stereocenters. The molecule has 132 valence electrons. The Morgan fingerprint density at radius 1 is 1.14 bits per heavy atom. The highest BCUT2D eigenvalue weighted by Gasteiger charge is 2.32. The second kappa shape index (κ2) is 9.82. The smallest absolute Gasteiger partial charge is 0.397 e. The van der Waals surface area contributed by atoms with E-state index in [0.29, 0.717) is 13.0 Å². The number of unbranched alkanes of at least 4 members (excludes halogenated alkanes) is 6. The summed E-state index contributed by atoms with van der Waals surface area (Å²) in [7, 11) is -4.28. The third-order valence-electron chi connectivity index (χ3n) is 4.71. The van der Waals surface area contributed by atoms with E-state index in [4.69, 9.17) is 4.55 Å². The van der Waals surface area contributed by atoms with Crippen LogP contribution in [0.1, 0.15) is 77.6 Å². The Bertz CT molecular complexity index is 401. The van der Waals surface area contributed by atoms with Crippen LogP contribution in [0.15, 0.2) is 0 Å². The molecule has 0 aromatic heterocycles. The van der Waals surface area contributed by atoms with E-state index in [1.54, 1.807) is 0 Å². The van der Waals surface area contributed by atoms with Crippen molar-refractivity contribution in [3.63, 3.8) is 0 Å². The SMILES string of the molecule is CCC1(CCCCCCCCCOS(=O)(=O)O)CCCN1[O-]. The van der Waals surface area contributed by atoms with Crippen LogP contribution in [0.2, 0.25) is 0 Å². The maximum Gasteiger partial charge on any atom is 0.397 e. The van der Waals surface area contributed by atoms with Crippen LogP contribution in [0, 0.1) is 5.21 Å². The van der Waals surface area contributed by atoms with Crippen LogP contribution in [0.3, 0.4) is 0 Å². The quantitative estimate of drug-likeness (QED) is 0.432. The highest BCUT2D eigenvalue weighted by atomic mass is 32.3. The van der Waals surface area contributed by atoms with Crippen LogP contribution in [0.4, 0.5) is 0 Å².